The molecule has 5 aliphatic carbocycles. The van der Waals surface area contributed by atoms with E-state index in [-0.39, 0.29) is 59.4 Å². The average Bonchev–Trinajstić information content (AvgIpc) is 3.72. The number of carbonyl (C=O) groups is 1. The summed E-state index contributed by atoms with van der Waals surface area (Å²) in [4.78, 5) is 13.6. The maximum Gasteiger partial charge on any atom is 0.186 e. The van der Waals surface area contributed by atoms with Gasteiger partial charge in [0.15, 0.2) is 12.6 Å². The molecule has 2 spiro atoms. The van der Waals surface area contributed by atoms with Gasteiger partial charge in [0.25, 0.3) is 0 Å². The summed E-state index contributed by atoms with van der Waals surface area (Å²) in [6, 6.07) is 0. The van der Waals surface area contributed by atoms with Crippen molar-refractivity contribution in [2.24, 2.45) is 57.7 Å². The Morgan fingerprint density at radius 3 is 1.95 bits per heavy atom. The molecule has 0 aromatic carbocycles. The minimum atomic E-state index is -1.68. The summed E-state index contributed by atoms with van der Waals surface area (Å²) in [5.74, 6) is 0.933. The topological polar surface area (TPSA) is 256 Å². The molecule has 7 aliphatic rings. The minimum Gasteiger partial charge on any atom is -0.394 e. The van der Waals surface area contributed by atoms with E-state index in [0.717, 1.165) is 51.4 Å². The number of carbonyl (C=O) groups excluding carboxylic acids is 1. The van der Waals surface area contributed by atoms with Gasteiger partial charge >= 0.3 is 0 Å². The third-order valence-corrected chi connectivity index (χ3v) is 17.0. The number of aliphatic hydroxyl groups is 10. The Morgan fingerprint density at radius 1 is 0.750 bits per heavy atom. The van der Waals surface area contributed by atoms with Crippen molar-refractivity contribution in [2.75, 3.05) is 26.4 Å². The lowest BCUT2D eigenvalue weighted by atomic mass is 9.48. The van der Waals surface area contributed by atoms with Crippen LogP contribution in [0.15, 0.2) is 0 Å². The number of ether oxygens (including phenoxy) is 4. The average molecular weight is 801 g/mol. The van der Waals surface area contributed by atoms with Crippen molar-refractivity contribution in [2.45, 2.75) is 165 Å². The molecule has 322 valence electrons. The molecule has 10 N–H and O–H groups in total. The summed E-state index contributed by atoms with van der Waals surface area (Å²) in [5, 5.41) is 105. The summed E-state index contributed by atoms with van der Waals surface area (Å²) in [6.07, 6.45) is -7.29. The van der Waals surface area contributed by atoms with E-state index in [4.69, 9.17) is 18.9 Å². The van der Waals surface area contributed by atoms with Gasteiger partial charge in [0.2, 0.25) is 0 Å². The highest BCUT2D eigenvalue weighted by atomic mass is 16.7. The van der Waals surface area contributed by atoms with Crippen LogP contribution in [0.4, 0.5) is 0 Å². The zero-order chi connectivity index (χ0) is 40.7. The second kappa shape index (κ2) is 15.9. The first-order chi connectivity index (χ1) is 26.4. The van der Waals surface area contributed by atoms with Crippen molar-refractivity contribution in [1.29, 1.82) is 0 Å². The van der Waals surface area contributed by atoms with E-state index in [9.17, 15) is 55.9 Å². The van der Waals surface area contributed by atoms with Crippen molar-refractivity contribution in [1.82, 2.24) is 0 Å². The highest BCUT2D eigenvalue weighted by Crippen LogP contribution is 2.85. The molecule has 7 rings (SSSR count). The van der Waals surface area contributed by atoms with Gasteiger partial charge in [-0.05, 0) is 103 Å². The predicted molar refractivity (Wildman–Crippen MR) is 196 cm³/mol. The Bertz CT molecular complexity index is 1400. The van der Waals surface area contributed by atoms with Crippen LogP contribution in [0.25, 0.3) is 0 Å². The van der Waals surface area contributed by atoms with Gasteiger partial charge in [-0.1, -0.05) is 27.7 Å². The van der Waals surface area contributed by atoms with E-state index < -0.39 is 92.2 Å². The fourth-order valence-electron chi connectivity index (χ4n) is 13.4. The summed E-state index contributed by atoms with van der Waals surface area (Å²) in [5.41, 5.74) is -1.09. The Morgan fingerprint density at radius 2 is 1.32 bits per heavy atom. The van der Waals surface area contributed by atoms with E-state index in [1.165, 1.54) is 0 Å². The molecular weight excluding hydrogens is 732 g/mol. The highest BCUT2D eigenvalue weighted by molar-refractivity contribution is 5.83. The Hall–Kier alpha value is -0.890. The van der Waals surface area contributed by atoms with Gasteiger partial charge in [0.05, 0.1) is 38.1 Å². The number of fused-ring (bicyclic) bond motifs is 2. The van der Waals surface area contributed by atoms with Crippen molar-refractivity contribution in [3.05, 3.63) is 0 Å². The van der Waals surface area contributed by atoms with Crippen molar-refractivity contribution in [3.8, 4) is 0 Å². The molecule has 2 heterocycles. The van der Waals surface area contributed by atoms with Crippen LogP contribution in [0, 0.1) is 57.7 Å². The fraction of sp³-hybridized carbons (Fsp3) is 0.976. The van der Waals surface area contributed by atoms with Crippen molar-refractivity contribution in [3.63, 3.8) is 0 Å². The Labute approximate surface area is 329 Å². The molecule has 5 saturated carbocycles. The maximum absolute atomic E-state index is 13.6. The standard InChI is InChI=1S/C41H68O15/c1-19(2)41(52,18-43)13-27(45)20(3)22-5-7-24-25-8-6-23-21(26(44)9-10-39(23)17-40(25,39)12-11-38(22,24)4)15-53-36-35(51)33(49)31(47)29(56-36)16-54-37-34(50)32(48)30(46)28(14-42)55-37/h19-25,27-37,42-43,45-52H,5-18H2,1-4H3/t20-,21-,22+,23-,24-,25-,27+,28+,29+,30+,31+,32-,33-,34+,35+,36+,37+,38+,39+,40-,41-/m0/s1. The van der Waals surface area contributed by atoms with Gasteiger partial charge in [-0.2, -0.15) is 0 Å². The van der Waals surface area contributed by atoms with Crippen LogP contribution in [0.1, 0.15) is 91.9 Å². The molecule has 2 saturated heterocycles. The molecule has 0 amide bonds. The van der Waals surface area contributed by atoms with Crippen molar-refractivity contribution >= 4 is 5.78 Å². The van der Waals surface area contributed by atoms with Gasteiger partial charge in [0, 0.05) is 18.8 Å². The second-order valence-electron chi connectivity index (χ2n) is 19.6. The largest absolute Gasteiger partial charge is 0.394 e. The SMILES string of the molecule is CC(C)[C@@](O)(CO)C[C@@H](O)[C@@H](C)[C@H]1CC[C@H]2[C@@H]3CC[C@H]4[C@H](CO[C@@H]5O[C@H](CO[C@@H]6O[C@H](CO)[C@@H](O)[C@H](O)[C@H]6O)[C@@H](O)[C@H](O)[C@H]5O)C(=O)CC[C@@]45C[C@@]35CC[C@]12C. The molecule has 0 bridgehead atoms. The number of Topliss-reactive ketones (excluding diaryl/α,β-unsaturated/α-hetero) is 1. The minimum absolute atomic E-state index is 0.0218. The lowest BCUT2D eigenvalue weighted by molar-refractivity contribution is -0.332. The second-order valence-corrected chi connectivity index (χ2v) is 19.6. The van der Waals surface area contributed by atoms with Crippen LogP contribution in [0.2, 0.25) is 0 Å². The third kappa shape index (κ3) is 6.85. The van der Waals surface area contributed by atoms with Crippen LogP contribution in [0.5, 0.6) is 0 Å². The summed E-state index contributed by atoms with van der Waals surface area (Å²) < 4.78 is 22.9. The molecular formula is C41H68O15. The summed E-state index contributed by atoms with van der Waals surface area (Å²) >= 11 is 0. The quantitative estimate of drug-likeness (QED) is 0.114. The molecule has 0 unspecified atom stereocenters. The number of hydrogen-bond donors (Lipinski definition) is 10. The van der Waals surface area contributed by atoms with Gasteiger partial charge in [0.1, 0.15) is 54.6 Å². The van der Waals surface area contributed by atoms with Crippen LogP contribution in [-0.4, -0.2) is 156 Å². The van der Waals surface area contributed by atoms with Crippen molar-refractivity contribution < 1.29 is 74.8 Å². The van der Waals surface area contributed by atoms with E-state index >= 15 is 0 Å². The number of aliphatic hydroxyl groups excluding tert-OH is 9. The van der Waals surface area contributed by atoms with Gasteiger partial charge in [-0.15, -0.1) is 0 Å². The smallest absolute Gasteiger partial charge is 0.186 e. The van der Waals surface area contributed by atoms with Crippen LogP contribution >= 0.6 is 0 Å². The van der Waals surface area contributed by atoms with Gasteiger partial charge < -0.3 is 70.0 Å². The summed E-state index contributed by atoms with van der Waals surface area (Å²) in [6.45, 7) is 6.74. The van der Waals surface area contributed by atoms with Crippen LogP contribution < -0.4 is 0 Å². The molecule has 15 heteroatoms. The molecule has 56 heavy (non-hydrogen) atoms. The lowest BCUT2D eigenvalue weighted by Gasteiger charge is -2.57. The Kier molecular flexibility index (Phi) is 12.2. The highest BCUT2D eigenvalue weighted by Gasteiger charge is 2.79. The molecule has 0 aromatic heterocycles. The zero-order valence-corrected chi connectivity index (χ0v) is 33.3. The van der Waals surface area contributed by atoms with Crippen LogP contribution in [0.3, 0.4) is 0 Å². The monoisotopic (exact) mass is 800 g/mol. The predicted octanol–water partition coefficient (Wildman–Crippen LogP) is -0.398. The first kappa shape index (κ1) is 43.2. The summed E-state index contributed by atoms with van der Waals surface area (Å²) in [7, 11) is 0. The molecule has 15 nitrogen and oxygen atoms in total. The van der Waals surface area contributed by atoms with Gasteiger partial charge in [-0.3, -0.25) is 4.79 Å². The molecule has 0 radical (unpaired) electrons. The van der Waals surface area contributed by atoms with Gasteiger partial charge in [-0.25, -0.2) is 0 Å². The lowest BCUT2D eigenvalue weighted by Crippen LogP contribution is -2.62. The molecule has 7 fully saturated rings. The first-order valence-corrected chi connectivity index (χ1v) is 21.2. The number of ketones is 1. The van der Waals surface area contributed by atoms with E-state index in [1.54, 1.807) is 0 Å². The third-order valence-electron chi connectivity index (χ3n) is 17.0. The molecule has 2 aliphatic heterocycles. The Balaban J connectivity index is 0.991. The van der Waals surface area contributed by atoms with Crippen LogP contribution in [-0.2, 0) is 23.7 Å². The van der Waals surface area contributed by atoms with E-state index in [2.05, 4.69) is 13.8 Å². The first-order valence-electron chi connectivity index (χ1n) is 21.2. The maximum atomic E-state index is 13.6. The van der Waals surface area contributed by atoms with E-state index in [1.807, 2.05) is 13.8 Å². The molecule has 21 atom stereocenters. The van der Waals surface area contributed by atoms with E-state index in [0.29, 0.717) is 24.2 Å². The fourth-order valence-corrected chi connectivity index (χ4v) is 13.4. The number of hydrogen-bond acceptors (Lipinski definition) is 15. The normalized spacial score (nSPS) is 51.0. The zero-order valence-electron chi connectivity index (χ0n) is 33.3. The number of rotatable bonds is 13. The molecule has 0 aromatic rings.